The number of hydrogen-bond donors (Lipinski definition) is 1. The van der Waals surface area contributed by atoms with E-state index in [0.717, 1.165) is 11.1 Å². The van der Waals surface area contributed by atoms with Gasteiger partial charge < -0.3 is 14.8 Å². The summed E-state index contributed by atoms with van der Waals surface area (Å²) in [4.78, 5) is 16.7. The van der Waals surface area contributed by atoms with Crippen LogP contribution in [-0.2, 0) is 6.54 Å². The predicted molar refractivity (Wildman–Crippen MR) is 116 cm³/mol. The molecule has 0 aliphatic rings. The Kier molecular flexibility index (Phi) is 6.17. The van der Waals surface area contributed by atoms with E-state index < -0.39 is 0 Å². The van der Waals surface area contributed by atoms with Gasteiger partial charge in [-0.1, -0.05) is 6.07 Å². The lowest BCUT2D eigenvalue weighted by Crippen LogP contribution is -2.20. The third-order valence-electron chi connectivity index (χ3n) is 4.58. The van der Waals surface area contributed by atoms with Crippen molar-refractivity contribution < 1.29 is 9.47 Å². The summed E-state index contributed by atoms with van der Waals surface area (Å²) in [6.45, 7) is 2.42. The molecule has 4 rings (SSSR count). The first-order valence-corrected chi connectivity index (χ1v) is 9.77. The van der Waals surface area contributed by atoms with E-state index in [2.05, 4.69) is 36.4 Å². The lowest BCUT2D eigenvalue weighted by molar-refractivity contribution is 0.193. The molecule has 0 spiro atoms. The Labute approximate surface area is 184 Å². The van der Waals surface area contributed by atoms with Crippen LogP contribution in [0.25, 0.3) is 11.1 Å². The molecule has 0 saturated heterocycles. The molecule has 0 aliphatic carbocycles. The second-order valence-corrected chi connectivity index (χ2v) is 6.87. The van der Waals surface area contributed by atoms with E-state index in [1.807, 2.05) is 19.1 Å². The summed E-state index contributed by atoms with van der Waals surface area (Å²) in [6, 6.07) is 9.32. The van der Waals surface area contributed by atoms with Crippen molar-refractivity contribution in [1.82, 2.24) is 29.7 Å². The average molecular weight is 428 g/mol. The zero-order valence-corrected chi connectivity index (χ0v) is 17.5. The van der Waals surface area contributed by atoms with Crippen molar-refractivity contribution in [2.24, 2.45) is 0 Å². The SMILES string of the molecule is COc1cnccc1Nc1ncc(-c2ccc(C#N)c(O[C@@H](C)Cn3cncn3)c2)cn1. The second-order valence-electron chi connectivity index (χ2n) is 6.87. The summed E-state index contributed by atoms with van der Waals surface area (Å²) in [5, 5.41) is 16.7. The summed E-state index contributed by atoms with van der Waals surface area (Å²) in [5.41, 5.74) is 2.78. The van der Waals surface area contributed by atoms with Crippen LogP contribution in [0.1, 0.15) is 12.5 Å². The van der Waals surface area contributed by atoms with Crippen LogP contribution in [0.5, 0.6) is 11.5 Å². The van der Waals surface area contributed by atoms with E-state index in [1.54, 1.807) is 55.0 Å². The fourth-order valence-corrected chi connectivity index (χ4v) is 3.04. The molecule has 0 unspecified atom stereocenters. The molecule has 0 fully saturated rings. The molecule has 1 aromatic carbocycles. The largest absolute Gasteiger partial charge is 0.493 e. The Morgan fingerprint density at radius 1 is 1.09 bits per heavy atom. The molecule has 0 radical (unpaired) electrons. The summed E-state index contributed by atoms with van der Waals surface area (Å²) in [5.74, 6) is 1.50. The second kappa shape index (κ2) is 9.53. The van der Waals surface area contributed by atoms with Crippen LogP contribution in [-0.4, -0.2) is 42.9 Å². The van der Waals surface area contributed by atoms with E-state index in [4.69, 9.17) is 9.47 Å². The molecule has 10 nitrogen and oxygen atoms in total. The average Bonchev–Trinajstić information content (AvgIpc) is 3.33. The molecule has 1 atom stereocenters. The van der Waals surface area contributed by atoms with Crippen molar-refractivity contribution in [2.75, 3.05) is 12.4 Å². The van der Waals surface area contributed by atoms with Crippen molar-refractivity contribution in [3.05, 3.63) is 67.3 Å². The Morgan fingerprint density at radius 3 is 2.66 bits per heavy atom. The summed E-state index contributed by atoms with van der Waals surface area (Å²) in [6.07, 6.45) is 9.55. The Morgan fingerprint density at radius 2 is 1.94 bits per heavy atom. The zero-order chi connectivity index (χ0) is 22.3. The van der Waals surface area contributed by atoms with Crippen LogP contribution in [0, 0.1) is 11.3 Å². The van der Waals surface area contributed by atoms with Crippen LogP contribution in [0.15, 0.2) is 61.7 Å². The monoisotopic (exact) mass is 428 g/mol. The number of nitrogens with zero attached hydrogens (tertiary/aromatic N) is 7. The molecular formula is C22H20N8O2. The van der Waals surface area contributed by atoms with E-state index in [9.17, 15) is 5.26 Å². The van der Waals surface area contributed by atoms with Gasteiger partial charge in [0, 0.05) is 24.2 Å². The molecule has 0 aliphatic heterocycles. The normalized spacial score (nSPS) is 11.4. The first kappa shape index (κ1) is 20.7. The highest BCUT2D eigenvalue weighted by atomic mass is 16.5. The van der Waals surface area contributed by atoms with E-state index in [1.165, 1.54) is 6.33 Å². The van der Waals surface area contributed by atoms with Gasteiger partial charge in [-0.25, -0.2) is 19.6 Å². The molecule has 3 aromatic heterocycles. The van der Waals surface area contributed by atoms with E-state index >= 15 is 0 Å². The van der Waals surface area contributed by atoms with Crippen LogP contribution < -0.4 is 14.8 Å². The topological polar surface area (TPSA) is 124 Å². The van der Waals surface area contributed by atoms with Gasteiger partial charge in [-0.2, -0.15) is 10.4 Å². The van der Waals surface area contributed by atoms with Crippen molar-refractivity contribution in [2.45, 2.75) is 19.6 Å². The molecule has 0 bridgehead atoms. The standard InChI is InChI=1S/C22H20N8O2/c1-15(12-30-14-25-13-28-30)32-20-7-16(3-4-17(20)8-23)18-9-26-22(27-10-18)29-19-5-6-24-11-21(19)31-2/h3-7,9-11,13-15H,12H2,1-2H3,(H,24,26,27,29)/t15-/m0/s1. The van der Waals surface area contributed by atoms with Gasteiger partial charge >= 0.3 is 0 Å². The van der Waals surface area contributed by atoms with Crippen LogP contribution in [0.4, 0.5) is 11.6 Å². The van der Waals surface area contributed by atoms with Gasteiger partial charge in [-0.15, -0.1) is 0 Å². The van der Waals surface area contributed by atoms with Crippen molar-refractivity contribution in [3.63, 3.8) is 0 Å². The van der Waals surface area contributed by atoms with E-state index in [-0.39, 0.29) is 6.10 Å². The Hall–Kier alpha value is -4.52. The van der Waals surface area contributed by atoms with Gasteiger partial charge in [0.15, 0.2) is 5.75 Å². The van der Waals surface area contributed by atoms with Crippen molar-refractivity contribution in [1.29, 1.82) is 5.26 Å². The third kappa shape index (κ3) is 4.79. The van der Waals surface area contributed by atoms with Crippen molar-refractivity contribution >= 4 is 11.6 Å². The maximum absolute atomic E-state index is 9.46. The molecule has 1 N–H and O–H groups in total. The quantitative estimate of drug-likeness (QED) is 0.450. The Bertz CT molecular complexity index is 1220. The van der Waals surface area contributed by atoms with Crippen LogP contribution in [0.2, 0.25) is 0 Å². The zero-order valence-electron chi connectivity index (χ0n) is 17.5. The predicted octanol–water partition coefficient (Wildman–Crippen LogP) is 3.22. The summed E-state index contributed by atoms with van der Waals surface area (Å²) >= 11 is 0. The van der Waals surface area contributed by atoms with Gasteiger partial charge in [-0.3, -0.25) is 4.98 Å². The molecule has 0 amide bonds. The number of nitriles is 1. The lowest BCUT2D eigenvalue weighted by Gasteiger charge is -2.16. The van der Waals surface area contributed by atoms with Gasteiger partial charge in [-0.05, 0) is 30.7 Å². The highest BCUT2D eigenvalue weighted by Crippen LogP contribution is 2.29. The summed E-state index contributed by atoms with van der Waals surface area (Å²) < 4.78 is 13.0. The number of rotatable bonds is 8. The Balaban J connectivity index is 1.52. The third-order valence-corrected chi connectivity index (χ3v) is 4.58. The number of ether oxygens (including phenoxy) is 2. The number of benzene rings is 1. The molecule has 160 valence electrons. The maximum Gasteiger partial charge on any atom is 0.227 e. The molecule has 0 saturated carbocycles. The van der Waals surface area contributed by atoms with Gasteiger partial charge in [0.25, 0.3) is 0 Å². The van der Waals surface area contributed by atoms with Gasteiger partial charge in [0.1, 0.15) is 30.6 Å². The highest BCUT2D eigenvalue weighted by Gasteiger charge is 2.12. The van der Waals surface area contributed by atoms with Gasteiger partial charge in [0.05, 0.1) is 31.1 Å². The smallest absolute Gasteiger partial charge is 0.227 e. The number of anilines is 2. The highest BCUT2D eigenvalue weighted by molar-refractivity contribution is 5.67. The van der Waals surface area contributed by atoms with E-state index in [0.29, 0.717) is 35.2 Å². The number of methoxy groups -OCH3 is 1. The van der Waals surface area contributed by atoms with Gasteiger partial charge in [0.2, 0.25) is 5.95 Å². The van der Waals surface area contributed by atoms with Crippen LogP contribution >= 0.6 is 0 Å². The number of pyridine rings is 1. The first-order valence-electron chi connectivity index (χ1n) is 9.77. The minimum absolute atomic E-state index is 0.211. The first-order chi connectivity index (χ1) is 15.7. The number of nitrogens with one attached hydrogen (secondary N) is 1. The fourth-order valence-electron chi connectivity index (χ4n) is 3.04. The lowest BCUT2D eigenvalue weighted by atomic mass is 10.1. The molecule has 10 heteroatoms. The van der Waals surface area contributed by atoms with Crippen molar-refractivity contribution in [3.8, 4) is 28.7 Å². The fraction of sp³-hybridized carbons (Fsp3) is 0.182. The molecule has 32 heavy (non-hydrogen) atoms. The molecule has 4 aromatic rings. The number of aromatic nitrogens is 6. The molecular weight excluding hydrogens is 408 g/mol. The number of hydrogen-bond acceptors (Lipinski definition) is 9. The summed E-state index contributed by atoms with van der Waals surface area (Å²) in [7, 11) is 1.57. The molecule has 3 heterocycles. The minimum atomic E-state index is -0.211. The minimum Gasteiger partial charge on any atom is -0.493 e. The van der Waals surface area contributed by atoms with Crippen LogP contribution in [0.3, 0.4) is 0 Å². The maximum atomic E-state index is 9.46.